The van der Waals surface area contributed by atoms with Gasteiger partial charge in [-0.2, -0.15) is 13.7 Å². The van der Waals surface area contributed by atoms with Crippen molar-refractivity contribution in [2.75, 3.05) is 0 Å². The highest BCUT2D eigenvalue weighted by atomic mass is 79.9. The van der Waals surface area contributed by atoms with Crippen LogP contribution in [-0.4, -0.2) is 8.42 Å². The third-order valence-electron chi connectivity index (χ3n) is 4.18. The summed E-state index contributed by atoms with van der Waals surface area (Å²) in [6.45, 7) is 1.86. The van der Waals surface area contributed by atoms with E-state index in [2.05, 4.69) is 37.9 Å². The van der Waals surface area contributed by atoms with E-state index in [1.165, 1.54) is 24.3 Å². The summed E-state index contributed by atoms with van der Waals surface area (Å²) < 4.78 is 32.2. The van der Waals surface area contributed by atoms with Crippen LogP contribution in [0.5, 0.6) is 5.75 Å². The largest absolute Gasteiger partial charge is 0.377 e. The Labute approximate surface area is 207 Å². The molecule has 0 saturated heterocycles. The quantitative estimate of drug-likeness (QED) is 0.171. The van der Waals surface area contributed by atoms with E-state index >= 15 is 0 Å². The molecule has 0 amide bonds. The summed E-state index contributed by atoms with van der Waals surface area (Å²) in [5.74, 6) is 0.0432. The van der Waals surface area contributed by atoms with Crippen LogP contribution in [0.2, 0.25) is 10.0 Å². The van der Waals surface area contributed by atoms with Crippen LogP contribution >= 0.6 is 55.1 Å². The maximum Gasteiger partial charge on any atom is 0.339 e. The van der Waals surface area contributed by atoms with Gasteiger partial charge in [-0.25, -0.2) is 0 Å². The van der Waals surface area contributed by atoms with Crippen molar-refractivity contribution < 1.29 is 12.6 Å². The van der Waals surface area contributed by atoms with Gasteiger partial charge in [0.2, 0.25) is 0 Å². The summed E-state index contributed by atoms with van der Waals surface area (Å²) in [5, 5.41) is 10.4. The molecule has 3 aromatic rings. The molecule has 158 valence electrons. The van der Waals surface area contributed by atoms with Crippen molar-refractivity contribution in [3.8, 4) is 11.8 Å². The molecule has 0 spiro atoms. The molecule has 0 fully saturated rings. The molecule has 0 bridgehead atoms. The minimum atomic E-state index is -4.11. The van der Waals surface area contributed by atoms with Gasteiger partial charge in [0, 0.05) is 20.6 Å². The standard InChI is InChI=1S/C22H13Br2Cl2NO3S/c1-13-2-5-18(6-3-13)31(28,29)30-22-14(9-16(23)10-20(22)24)8-15(12-27)19-7-4-17(25)11-21(19)26/h2-11H,1H3/b15-8+. The van der Waals surface area contributed by atoms with Crippen molar-refractivity contribution in [3.63, 3.8) is 0 Å². The van der Waals surface area contributed by atoms with Crippen LogP contribution in [-0.2, 0) is 10.1 Å². The minimum absolute atomic E-state index is 0.0177. The maximum atomic E-state index is 12.8. The van der Waals surface area contributed by atoms with Crippen molar-refractivity contribution in [1.82, 2.24) is 0 Å². The van der Waals surface area contributed by atoms with E-state index in [0.29, 0.717) is 30.1 Å². The highest BCUT2D eigenvalue weighted by Crippen LogP contribution is 2.38. The number of aryl methyl sites for hydroxylation is 1. The predicted molar refractivity (Wildman–Crippen MR) is 131 cm³/mol. The molecule has 0 aromatic heterocycles. The molecule has 3 rings (SSSR count). The molecule has 3 aromatic carbocycles. The number of nitrogens with zero attached hydrogens (tertiary/aromatic N) is 1. The molecule has 0 radical (unpaired) electrons. The normalized spacial score (nSPS) is 11.8. The zero-order valence-electron chi connectivity index (χ0n) is 15.9. The van der Waals surface area contributed by atoms with Gasteiger partial charge in [-0.3, -0.25) is 0 Å². The number of rotatable bonds is 5. The fourth-order valence-corrected chi connectivity index (χ4v) is 5.60. The van der Waals surface area contributed by atoms with Crippen LogP contribution in [0.15, 0.2) is 68.4 Å². The Hall–Kier alpha value is -1.82. The van der Waals surface area contributed by atoms with Crippen LogP contribution in [0.4, 0.5) is 0 Å². The Morgan fingerprint density at radius 2 is 1.74 bits per heavy atom. The van der Waals surface area contributed by atoms with E-state index in [1.54, 1.807) is 36.4 Å². The second kappa shape index (κ2) is 9.76. The average molecular weight is 602 g/mol. The molecule has 0 aliphatic heterocycles. The van der Waals surface area contributed by atoms with Gasteiger partial charge in [0.1, 0.15) is 4.90 Å². The van der Waals surface area contributed by atoms with Gasteiger partial charge in [-0.1, -0.05) is 62.9 Å². The monoisotopic (exact) mass is 599 g/mol. The van der Waals surface area contributed by atoms with Crippen LogP contribution in [0.25, 0.3) is 11.6 Å². The number of allylic oxidation sites excluding steroid dienone is 1. The van der Waals surface area contributed by atoms with E-state index in [4.69, 9.17) is 27.4 Å². The summed E-state index contributed by atoms with van der Waals surface area (Å²) in [6.07, 6.45) is 1.50. The number of nitriles is 1. The molecule has 4 nitrogen and oxygen atoms in total. The lowest BCUT2D eigenvalue weighted by Gasteiger charge is -2.13. The molecule has 0 saturated carbocycles. The first-order valence-electron chi connectivity index (χ1n) is 8.68. The van der Waals surface area contributed by atoms with Crippen LogP contribution in [0, 0.1) is 18.3 Å². The summed E-state index contributed by atoms with van der Waals surface area (Å²) in [7, 11) is -4.11. The Kier molecular flexibility index (Phi) is 7.51. The van der Waals surface area contributed by atoms with Crippen molar-refractivity contribution >= 4 is 76.8 Å². The summed E-state index contributed by atoms with van der Waals surface area (Å²) in [5.41, 5.74) is 1.95. The zero-order valence-corrected chi connectivity index (χ0v) is 21.4. The van der Waals surface area contributed by atoms with Crippen LogP contribution in [0.3, 0.4) is 0 Å². The fourth-order valence-electron chi connectivity index (χ4n) is 2.67. The van der Waals surface area contributed by atoms with Crippen LogP contribution < -0.4 is 4.18 Å². The molecule has 0 atom stereocenters. The average Bonchev–Trinajstić information content (AvgIpc) is 2.69. The summed E-state index contributed by atoms with van der Waals surface area (Å²) in [6, 6.07) is 16.5. The molecular weight excluding hydrogens is 589 g/mol. The molecule has 0 unspecified atom stereocenters. The molecular formula is C22H13Br2Cl2NO3S. The summed E-state index contributed by atoms with van der Waals surface area (Å²) in [4.78, 5) is 0.0177. The van der Waals surface area contributed by atoms with E-state index in [1.807, 2.05) is 6.92 Å². The molecule has 9 heteroatoms. The van der Waals surface area contributed by atoms with Crippen molar-refractivity contribution in [3.05, 3.63) is 90.3 Å². The molecule has 0 aliphatic carbocycles. The Balaban J connectivity index is 2.12. The third kappa shape index (κ3) is 5.71. The Morgan fingerprint density at radius 1 is 1.06 bits per heavy atom. The molecule has 0 heterocycles. The number of benzene rings is 3. The lowest BCUT2D eigenvalue weighted by Crippen LogP contribution is -2.11. The topological polar surface area (TPSA) is 67.2 Å². The first-order chi connectivity index (χ1) is 14.6. The zero-order chi connectivity index (χ0) is 22.8. The lowest BCUT2D eigenvalue weighted by molar-refractivity contribution is 0.484. The van der Waals surface area contributed by atoms with Crippen molar-refractivity contribution in [2.24, 2.45) is 0 Å². The molecule has 0 N–H and O–H groups in total. The highest BCUT2D eigenvalue weighted by Gasteiger charge is 2.21. The van der Waals surface area contributed by atoms with Gasteiger partial charge in [0.05, 0.1) is 21.1 Å². The fraction of sp³-hybridized carbons (Fsp3) is 0.0455. The van der Waals surface area contributed by atoms with Crippen molar-refractivity contribution in [1.29, 1.82) is 5.26 Å². The van der Waals surface area contributed by atoms with Gasteiger partial charge in [-0.15, -0.1) is 0 Å². The van der Waals surface area contributed by atoms with Gasteiger partial charge < -0.3 is 4.18 Å². The second-order valence-corrected chi connectivity index (χ2v) is 10.6. The van der Waals surface area contributed by atoms with E-state index in [9.17, 15) is 13.7 Å². The van der Waals surface area contributed by atoms with Gasteiger partial charge in [-0.05, 0) is 65.3 Å². The van der Waals surface area contributed by atoms with Crippen molar-refractivity contribution in [2.45, 2.75) is 11.8 Å². The smallest absolute Gasteiger partial charge is 0.339 e. The van der Waals surface area contributed by atoms with Gasteiger partial charge in [0.15, 0.2) is 5.75 Å². The maximum absolute atomic E-state index is 12.8. The number of hydrogen-bond donors (Lipinski definition) is 0. The number of halogens is 4. The Bertz CT molecular complexity index is 1330. The Morgan fingerprint density at radius 3 is 2.35 bits per heavy atom. The van der Waals surface area contributed by atoms with Gasteiger partial charge >= 0.3 is 10.1 Å². The molecule has 31 heavy (non-hydrogen) atoms. The minimum Gasteiger partial charge on any atom is -0.377 e. The van der Waals surface area contributed by atoms with Crippen LogP contribution in [0.1, 0.15) is 16.7 Å². The molecule has 0 aliphatic rings. The number of hydrogen-bond acceptors (Lipinski definition) is 4. The first-order valence-corrected chi connectivity index (χ1v) is 12.4. The SMILES string of the molecule is Cc1ccc(S(=O)(=O)Oc2c(Br)cc(Br)cc2/C=C(\C#N)c2ccc(Cl)cc2Cl)cc1. The van der Waals surface area contributed by atoms with E-state index in [0.717, 1.165) is 5.56 Å². The third-order valence-corrected chi connectivity index (χ3v) is 7.01. The lowest BCUT2D eigenvalue weighted by atomic mass is 10.0. The highest BCUT2D eigenvalue weighted by molar-refractivity contribution is 9.11. The van der Waals surface area contributed by atoms with E-state index < -0.39 is 10.1 Å². The predicted octanol–water partition coefficient (Wildman–Crippen LogP) is 7.66. The summed E-state index contributed by atoms with van der Waals surface area (Å²) >= 11 is 18.9. The second-order valence-electron chi connectivity index (χ2n) is 6.45. The van der Waals surface area contributed by atoms with Gasteiger partial charge in [0.25, 0.3) is 0 Å². The van der Waals surface area contributed by atoms with E-state index in [-0.39, 0.29) is 16.2 Å². The first kappa shape index (κ1) is 23.8.